The molecule has 0 bridgehead atoms. The molecule has 27 heavy (non-hydrogen) atoms. The zero-order chi connectivity index (χ0) is 20.5. The summed E-state index contributed by atoms with van der Waals surface area (Å²) in [6.07, 6.45) is -3.66. The van der Waals surface area contributed by atoms with Crippen LogP contribution in [0.3, 0.4) is 0 Å². The minimum atomic E-state index is -5.46. The number of anilines is 1. The van der Waals surface area contributed by atoms with Gasteiger partial charge < -0.3 is 10.2 Å². The molecule has 12 heteroatoms. The first-order valence-electron chi connectivity index (χ1n) is 7.82. The van der Waals surface area contributed by atoms with Crippen LogP contribution in [0, 0.1) is 5.92 Å². The van der Waals surface area contributed by atoms with E-state index in [1.54, 1.807) is 4.90 Å². The predicted molar refractivity (Wildman–Crippen MR) is 83.7 cm³/mol. The lowest BCUT2D eigenvalue weighted by molar-refractivity contribution is -0.140. The summed E-state index contributed by atoms with van der Waals surface area (Å²) in [7, 11) is -5.46. The summed E-state index contributed by atoms with van der Waals surface area (Å²) in [5.41, 5.74) is -5.04. The number of halogens is 6. The fourth-order valence-electron chi connectivity index (χ4n) is 2.73. The van der Waals surface area contributed by atoms with Gasteiger partial charge >= 0.3 is 11.7 Å². The lowest BCUT2D eigenvalue weighted by atomic mass is 9.96. The number of hydrogen-bond donors (Lipinski definition) is 1. The number of rotatable bonds is 4. The molecule has 1 N–H and O–H groups in total. The molecular weight excluding hydrogens is 402 g/mol. The fourth-order valence-corrected chi connectivity index (χ4v) is 3.49. The Hall–Kier alpha value is -1.98. The summed E-state index contributed by atoms with van der Waals surface area (Å²) >= 11 is 0. The Balaban J connectivity index is 2.07. The van der Waals surface area contributed by atoms with E-state index < -0.39 is 44.8 Å². The minimum absolute atomic E-state index is 0.0784. The quantitative estimate of drug-likeness (QED) is 0.764. The molecule has 1 saturated heterocycles. The summed E-state index contributed by atoms with van der Waals surface area (Å²) in [5, 5.41) is 1.82. The Morgan fingerprint density at radius 1 is 1.11 bits per heavy atom. The molecule has 0 spiro atoms. The van der Waals surface area contributed by atoms with Gasteiger partial charge in [-0.3, -0.25) is 4.79 Å². The summed E-state index contributed by atoms with van der Waals surface area (Å²) < 4.78 is 96.9. The fraction of sp³-hybridized carbons (Fsp3) is 0.533. The molecule has 0 aromatic heterocycles. The molecule has 1 atom stereocenters. The van der Waals surface area contributed by atoms with E-state index in [4.69, 9.17) is 0 Å². The van der Waals surface area contributed by atoms with E-state index in [0.717, 1.165) is 12.1 Å². The molecule has 1 aliphatic heterocycles. The predicted octanol–water partition coefficient (Wildman–Crippen LogP) is 2.88. The average Bonchev–Trinajstić information content (AvgIpc) is 2.58. The summed E-state index contributed by atoms with van der Waals surface area (Å²) in [5.74, 6) is -1.46. The molecule has 5 nitrogen and oxygen atoms in total. The van der Waals surface area contributed by atoms with E-state index in [0.29, 0.717) is 25.1 Å². The van der Waals surface area contributed by atoms with Gasteiger partial charge in [-0.1, -0.05) is 0 Å². The number of nitrogens with one attached hydrogen (secondary N) is 1. The summed E-state index contributed by atoms with van der Waals surface area (Å²) in [6, 6.07) is 3.97. The maximum Gasteiger partial charge on any atom is 0.501 e. The zero-order valence-electron chi connectivity index (χ0n) is 13.8. The number of piperidine rings is 1. The standard InChI is InChI=1S/C15H16F6N2O3S/c16-14(17,18)9-22-13(24)10-2-1-7-23(8-10)11-3-5-12(6-4-11)27(25,26)15(19,20)21/h3-6,10H,1-2,7-9H2,(H,22,24). The SMILES string of the molecule is O=C(NCC(F)(F)F)C1CCCN(c2ccc(S(=O)(=O)C(F)(F)F)cc2)C1. The third-order valence-electron chi connectivity index (χ3n) is 4.07. The molecular formula is C15H16F6N2O3S. The van der Waals surface area contributed by atoms with Crippen LogP contribution in [0.2, 0.25) is 0 Å². The molecule has 0 radical (unpaired) electrons. The van der Waals surface area contributed by atoms with Crippen molar-refractivity contribution < 1.29 is 39.6 Å². The number of amides is 1. The van der Waals surface area contributed by atoms with Crippen molar-refractivity contribution in [3.63, 3.8) is 0 Å². The van der Waals surface area contributed by atoms with E-state index in [9.17, 15) is 39.6 Å². The van der Waals surface area contributed by atoms with E-state index >= 15 is 0 Å². The first kappa shape index (κ1) is 21.3. The zero-order valence-corrected chi connectivity index (χ0v) is 14.6. The van der Waals surface area contributed by atoms with E-state index in [1.165, 1.54) is 12.1 Å². The van der Waals surface area contributed by atoms with Gasteiger partial charge in [0.2, 0.25) is 5.91 Å². The second-order valence-electron chi connectivity index (χ2n) is 6.06. The first-order valence-corrected chi connectivity index (χ1v) is 9.30. The van der Waals surface area contributed by atoms with Crippen LogP contribution >= 0.6 is 0 Å². The van der Waals surface area contributed by atoms with E-state index in [2.05, 4.69) is 0 Å². The van der Waals surface area contributed by atoms with Crippen molar-refractivity contribution in [3.05, 3.63) is 24.3 Å². The van der Waals surface area contributed by atoms with Gasteiger partial charge in [-0.05, 0) is 37.1 Å². The van der Waals surface area contributed by atoms with Crippen molar-refractivity contribution >= 4 is 21.4 Å². The monoisotopic (exact) mass is 418 g/mol. The number of nitrogens with zero attached hydrogens (tertiary/aromatic N) is 1. The Bertz CT molecular complexity index is 774. The largest absolute Gasteiger partial charge is 0.501 e. The highest BCUT2D eigenvalue weighted by Crippen LogP contribution is 2.32. The average molecular weight is 418 g/mol. The maximum atomic E-state index is 12.5. The molecule has 0 aliphatic carbocycles. The van der Waals surface area contributed by atoms with Crippen LogP contribution in [-0.4, -0.2) is 45.6 Å². The van der Waals surface area contributed by atoms with Crippen LogP contribution in [0.4, 0.5) is 32.0 Å². The number of alkyl halides is 6. The normalized spacial score (nSPS) is 19.0. The van der Waals surface area contributed by atoms with Crippen molar-refractivity contribution in [2.24, 2.45) is 5.92 Å². The van der Waals surface area contributed by atoms with Gasteiger partial charge in [-0.2, -0.15) is 26.3 Å². The highest BCUT2D eigenvalue weighted by atomic mass is 32.2. The summed E-state index contributed by atoms with van der Waals surface area (Å²) in [4.78, 5) is 12.6. The number of benzene rings is 1. The van der Waals surface area contributed by atoms with Gasteiger partial charge in [0.05, 0.1) is 10.8 Å². The second-order valence-corrected chi connectivity index (χ2v) is 8.00. The van der Waals surface area contributed by atoms with Crippen LogP contribution in [-0.2, 0) is 14.6 Å². The van der Waals surface area contributed by atoms with Gasteiger partial charge in [-0.15, -0.1) is 0 Å². The van der Waals surface area contributed by atoms with Crippen LogP contribution in [0.25, 0.3) is 0 Å². The Morgan fingerprint density at radius 3 is 2.22 bits per heavy atom. The van der Waals surface area contributed by atoms with Gasteiger partial charge in [0.15, 0.2) is 0 Å². The van der Waals surface area contributed by atoms with Crippen molar-refractivity contribution in [1.82, 2.24) is 5.32 Å². The van der Waals surface area contributed by atoms with Gasteiger partial charge in [0.1, 0.15) is 6.54 Å². The van der Waals surface area contributed by atoms with E-state index in [-0.39, 0.29) is 6.54 Å². The highest BCUT2D eigenvalue weighted by Gasteiger charge is 2.46. The number of sulfone groups is 1. The topological polar surface area (TPSA) is 66.5 Å². The Kier molecular flexibility index (Phi) is 5.97. The lowest BCUT2D eigenvalue weighted by Crippen LogP contribution is -2.45. The molecule has 1 aromatic carbocycles. The van der Waals surface area contributed by atoms with Crippen molar-refractivity contribution in [3.8, 4) is 0 Å². The van der Waals surface area contributed by atoms with Gasteiger partial charge in [-0.25, -0.2) is 8.42 Å². The van der Waals surface area contributed by atoms with Gasteiger partial charge in [0, 0.05) is 18.8 Å². The Labute approximate surface area is 151 Å². The molecule has 1 heterocycles. The molecule has 1 amide bonds. The third-order valence-corrected chi connectivity index (χ3v) is 5.57. The van der Waals surface area contributed by atoms with E-state index in [1.807, 2.05) is 5.32 Å². The lowest BCUT2D eigenvalue weighted by Gasteiger charge is -2.33. The molecule has 1 unspecified atom stereocenters. The molecule has 1 fully saturated rings. The molecule has 1 aliphatic rings. The van der Waals surface area contributed by atoms with Crippen molar-refractivity contribution in [2.45, 2.75) is 29.4 Å². The van der Waals surface area contributed by atoms with Crippen molar-refractivity contribution in [1.29, 1.82) is 0 Å². The number of carbonyl (C=O) groups is 1. The third kappa shape index (κ3) is 5.27. The molecule has 2 rings (SSSR count). The number of hydrogen-bond acceptors (Lipinski definition) is 4. The second kappa shape index (κ2) is 7.56. The van der Waals surface area contributed by atoms with Gasteiger partial charge in [0.25, 0.3) is 9.84 Å². The van der Waals surface area contributed by atoms with Crippen molar-refractivity contribution in [2.75, 3.05) is 24.5 Å². The maximum absolute atomic E-state index is 12.5. The minimum Gasteiger partial charge on any atom is -0.371 e. The van der Waals surface area contributed by atoms with Crippen LogP contribution in [0.15, 0.2) is 29.2 Å². The highest BCUT2D eigenvalue weighted by molar-refractivity contribution is 7.92. The molecule has 1 aromatic rings. The van der Waals surface area contributed by atoms with Crippen LogP contribution in [0.1, 0.15) is 12.8 Å². The van der Waals surface area contributed by atoms with Crippen LogP contribution in [0.5, 0.6) is 0 Å². The molecule has 152 valence electrons. The first-order chi connectivity index (χ1) is 12.3. The number of carbonyl (C=O) groups excluding carboxylic acids is 1. The smallest absolute Gasteiger partial charge is 0.371 e. The molecule has 0 saturated carbocycles. The Morgan fingerprint density at radius 2 is 1.70 bits per heavy atom. The summed E-state index contributed by atoms with van der Waals surface area (Å²) in [6.45, 7) is -0.921. The van der Waals surface area contributed by atoms with Crippen LogP contribution < -0.4 is 10.2 Å².